The maximum Gasteiger partial charge on any atom is 0.266 e. The molecule has 0 unspecified atom stereocenters. The summed E-state index contributed by atoms with van der Waals surface area (Å²) in [6.07, 6.45) is 1.70. The van der Waals surface area contributed by atoms with Gasteiger partial charge in [-0.15, -0.1) is 0 Å². The Morgan fingerprint density at radius 3 is 2.23 bits per heavy atom. The van der Waals surface area contributed by atoms with Crippen molar-refractivity contribution in [3.63, 3.8) is 0 Å². The fourth-order valence-corrected chi connectivity index (χ4v) is 4.08. The molecule has 1 aromatic heterocycles. The van der Waals surface area contributed by atoms with Crippen LogP contribution in [0.2, 0.25) is 5.02 Å². The van der Waals surface area contributed by atoms with Crippen molar-refractivity contribution in [2.75, 3.05) is 19.5 Å². The van der Waals surface area contributed by atoms with Gasteiger partial charge in [-0.1, -0.05) is 11.6 Å². The van der Waals surface area contributed by atoms with Crippen LogP contribution in [0.4, 0.5) is 5.69 Å². The third-order valence-corrected chi connectivity index (χ3v) is 5.95. The van der Waals surface area contributed by atoms with Crippen LogP contribution in [0, 0.1) is 20.8 Å². The standard InChI is InChI=1S/C27H25ClN2O4S/c1-15-12-24(33-23-8-9-29-21-14-26(32-5)25(31-4)13-19(21)23)17(3)11-20(15)30-27(35)34-22-7-6-18(28)10-16(22)2/h6-14H,1-5H3,(H,30,35). The number of benzene rings is 3. The van der Waals surface area contributed by atoms with E-state index < -0.39 is 0 Å². The van der Waals surface area contributed by atoms with Crippen LogP contribution in [0.1, 0.15) is 16.7 Å². The van der Waals surface area contributed by atoms with E-state index in [-0.39, 0.29) is 5.17 Å². The number of halogens is 1. The number of ether oxygens (including phenoxy) is 4. The molecule has 0 saturated carbocycles. The molecule has 0 aliphatic carbocycles. The lowest BCUT2D eigenvalue weighted by Gasteiger charge is -2.17. The van der Waals surface area contributed by atoms with Crippen LogP contribution in [-0.2, 0) is 0 Å². The molecule has 0 fully saturated rings. The van der Waals surface area contributed by atoms with Gasteiger partial charge in [-0.05, 0) is 92.1 Å². The summed E-state index contributed by atoms with van der Waals surface area (Å²) in [6.45, 7) is 5.86. The minimum absolute atomic E-state index is 0.243. The van der Waals surface area contributed by atoms with Gasteiger partial charge in [-0.25, -0.2) is 0 Å². The van der Waals surface area contributed by atoms with Crippen molar-refractivity contribution in [2.24, 2.45) is 0 Å². The molecule has 0 spiro atoms. The molecule has 0 atom stereocenters. The molecule has 0 aliphatic rings. The summed E-state index contributed by atoms with van der Waals surface area (Å²) in [5, 5.41) is 4.88. The van der Waals surface area contributed by atoms with Crippen molar-refractivity contribution in [1.82, 2.24) is 4.98 Å². The molecule has 4 aromatic rings. The largest absolute Gasteiger partial charge is 0.493 e. The van der Waals surface area contributed by atoms with E-state index in [1.807, 2.05) is 57.2 Å². The van der Waals surface area contributed by atoms with Gasteiger partial charge >= 0.3 is 0 Å². The maximum absolute atomic E-state index is 6.32. The second kappa shape index (κ2) is 10.4. The predicted molar refractivity (Wildman–Crippen MR) is 144 cm³/mol. The highest BCUT2D eigenvalue weighted by Gasteiger charge is 2.14. The molecule has 0 aliphatic heterocycles. The molecule has 1 heterocycles. The minimum Gasteiger partial charge on any atom is -0.493 e. The number of aryl methyl sites for hydroxylation is 3. The van der Waals surface area contributed by atoms with E-state index in [9.17, 15) is 0 Å². The average molecular weight is 509 g/mol. The Hall–Kier alpha value is -3.55. The number of hydrogen-bond acceptors (Lipinski definition) is 6. The first-order valence-electron chi connectivity index (χ1n) is 10.8. The molecular formula is C27H25ClN2O4S. The number of nitrogens with zero attached hydrogens (tertiary/aromatic N) is 1. The van der Waals surface area contributed by atoms with Gasteiger partial charge in [-0.2, -0.15) is 0 Å². The van der Waals surface area contributed by atoms with E-state index in [2.05, 4.69) is 10.3 Å². The van der Waals surface area contributed by atoms with Crippen molar-refractivity contribution in [2.45, 2.75) is 20.8 Å². The zero-order valence-electron chi connectivity index (χ0n) is 20.1. The Labute approximate surface area is 214 Å². The number of pyridine rings is 1. The third-order valence-electron chi connectivity index (χ3n) is 5.53. The molecule has 0 radical (unpaired) electrons. The zero-order valence-corrected chi connectivity index (χ0v) is 21.6. The lowest BCUT2D eigenvalue weighted by atomic mass is 10.1. The summed E-state index contributed by atoms with van der Waals surface area (Å²) < 4.78 is 23.0. The van der Waals surface area contributed by atoms with Gasteiger partial charge in [0.15, 0.2) is 11.5 Å². The van der Waals surface area contributed by atoms with Crippen LogP contribution in [0.25, 0.3) is 10.9 Å². The molecule has 0 saturated heterocycles. The van der Waals surface area contributed by atoms with E-state index in [1.165, 1.54) is 0 Å². The van der Waals surface area contributed by atoms with E-state index in [4.69, 9.17) is 42.8 Å². The quantitative estimate of drug-likeness (QED) is 0.272. The van der Waals surface area contributed by atoms with Gasteiger partial charge in [0.25, 0.3) is 5.17 Å². The van der Waals surface area contributed by atoms with Crippen LogP contribution in [0.3, 0.4) is 0 Å². The Morgan fingerprint density at radius 1 is 0.800 bits per heavy atom. The topological polar surface area (TPSA) is 61.8 Å². The Bertz CT molecular complexity index is 1420. The van der Waals surface area contributed by atoms with Crippen molar-refractivity contribution in [3.05, 3.63) is 76.4 Å². The van der Waals surface area contributed by atoms with Gasteiger partial charge in [0.1, 0.15) is 17.2 Å². The van der Waals surface area contributed by atoms with Crippen LogP contribution in [-0.4, -0.2) is 24.4 Å². The molecule has 35 heavy (non-hydrogen) atoms. The van der Waals surface area contributed by atoms with Gasteiger partial charge in [0.2, 0.25) is 0 Å². The van der Waals surface area contributed by atoms with Gasteiger partial charge < -0.3 is 24.3 Å². The molecular weight excluding hydrogens is 484 g/mol. The van der Waals surface area contributed by atoms with Gasteiger partial charge in [0, 0.05) is 28.4 Å². The number of fused-ring (bicyclic) bond motifs is 1. The first kappa shape index (κ1) is 24.6. The second-order valence-corrected chi connectivity index (χ2v) is 8.80. The number of aromatic nitrogens is 1. The highest BCUT2D eigenvalue weighted by Crippen LogP contribution is 2.38. The molecule has 8 heteroatoms. The number of hydrogen-bond donors (Lipinski definition) is 1. The van der Waals surface area contributed by atoms with E-state index in [0.717, 1.165) is 39.0 Å². The second-order valence-electron chi connectivity index (χ2n) is 7.99. The summed E-state index contributed by atoms with van der Waals surface area (Å²) in [7, 11) is 3.20. The van der Waals surface area contributed by atoms with E-state index in [1.54, 1.807) is 32.5 Å². The minimum atomic E-state index is 0.243. The zero-order chi connectivity index (χ0) is 25.1. The number of methoxy groups -OCH3 is 2. The van der Waals surface area contributed by atoms with Gasteiger partial charge in [-0.3, -0.25) is 4.98 Å². The fourth-order valence-electron chi connectivity index (χ4n) is 3.65. The number of anilines is 1. The number of nitrogens with one attached hydrogen (secondary N) is 1. The van der Waals surface area contributed by atoms with Crippen LogP contribution < -0.4 is 24.3 Å². The number of rotatable bonds is 6. The Morgan fingerprint density at radius 2 is 1.51 bits per heavy atom. The van der Waals surface area contributed by atoms with Gasteiger partial charge in [0.05, 0.1) is 19.7 Å². The first-order valence-corrected chi connectivity index (χ1v) is 11.6. The molecule has 0 bridgehead atoms. The number of thiocarbonyl (C=S) groups is 1. The highest BCUT2D eigenvalue weighted by molar-refractivity contribution is 7.80. The summed E-state index contributed by atoms with van der Waals surface area (Å²) in [6, 6.07) is 14.8. The third kappa shape index (κ3) is 5.42. The lowest BCUT2D eigenvalue weighted by molar-refractivity contribution is 0.355. The fraction of sp³-hybridized carbons (Fsp3) is 0.185. The van der Waals surface area contributed by atoms with Crippen molar-refractivity contribution >= 4 is 45.6 Å². The summed E-state index contributed by atoms with van der Waals surface area (Å²) >= 11 is 11.4. The SMILES string of the molecule is COc1cc2nccc(Oc3cc(C)c(NC(=S)Oc4ccc(Cl)cc4C)cc3C)c2cc1OC. The van der Waals surface area contributed by atoms with Crippen molar-refractivity contribution < 1.29 is 18.9 Å². The monoisotopic (exact) mass is 508 g/mol. The van der Waals surface area contributed by atoms with Crippen LogP contribution >= 0.6 is 23.8 Å². The lowest BCUT2D eigenvalue weighted by Crippen LogP contribution is -2.17. The predicted octanol–water partition coefficient (Wildman–Crippen LogP) is 7.40. The molecule has 0 amide bonds. The maximum atomic E-state index is 6.32. The van der Waals surface area contributed by atoms with E-state index >= 15 is 0 Å². The average Bonchev–Trinajstić information content (AvgIpc) is 2.83. The van der Waals surface area contributed by atoms with Crippen molar-refractivity contribution in [3.8, 4) is 28.7 Å². The van der Waals surface area contributed by atoms with Crippen LogP contribution in [0.15, 0.2) is 54.7 Å². The summed E-state index contributed by atoms with van der Waals surface area (Å²) in [5.74, 6) is 3.25. The normalized spacial score (nSPS) is 10.7. The van der Waals surface area contributed by atoms with Crippen molar-refractivity contribution in [1.29, 1.82) is 0 Å². The Balaban J connectivity index is 1.57. The molecule has 4 rings (SSSR count). The van der Waals surface area contributed by atoms with Crippen LogP contribution in [0.5, 0.6) is 28.7 Å². The molecule has 6 nitrogen and oxygen atoms in total. The summed E-state index contributed by atoms with van der Waals surface area (Å²) in [4.78, 5) is 4.44. The molecule has 3 aromatic carbocycles. The van der Waals surface area contributed by atoms with E-state index in [0.29, 0.717) is 28.0 Å². The smallest absolute Gasteiger partial charge is 0.266 e. The summed E-state index contributed by atoms with van der Waals surface area (Å²) in [5.41, 5.74) is 4.35. The Kier molecular flexibility index (Phi) is 7.28. The molecule has 180 valence electrons. The highest BCUT2D eigenvalue weighted by atomic mass is 35.5. The molecule has 1 N–H and O–H groups in total. The first-order chi connectivity index (χ1) is 16.8.